The van der Waals surface area contributed by atoms with E-state index >= 15 is 0 Å². The molecule has 0 rings (SSSR count). The Bertz CT molecular complexity index is 432. The SMILES string of the molecule is CC(C)CC(C)(C)CC(N)C(=O)O.NC(CC(F)(F)C(F)F)C(=O)O. The lowest BCUT2D eigenvalue weighted by molar-refractivity contribution is -0.152. The van der Waals surface area contributed by atoms with E-state index in [1.165, 1.54) is 0 Å². The highest BCUT2D eigenvalue weighted by Gasteiger charge is 2.43. The molecule has 0 radical (unpaired) electrons. The summed E-state index contributed by atoms with van der Waals surface area (Å²) in [6, 6.07) is -2.69. The van der Waals surface area contributed by atoms with Crippen molar-refractivity contribution in [3.05, 3.63) is 0 Å². The average Bonchev–Trinajstić information content (AvgIpc) is 2.35. The van der Waals surface area contributed by atoms with Gasteiger partial charge in [-0.3, -0.25) is 9.59 Å². The molecule has 0 aromatic heterocycles. The Labute approximate surface area is 144 Å². The number of hydrogen-bond donors (Lipinski definition) is 4. The quantitative estimate of drug-likeness (QED) is 0.458. The Balaban J connectivity index is 0. The van der Waals surface area contributed by atoms with Gasteiger partial charge in [0.1, 0.15) is 12.1 Å². The van der Waals surface area contributed by atoms with Crippen molar-refractivity contribution in [2.75, 3.05) is 0 Å². The summed E-state index contributed by atoms with van der Waals surface area (Å²) in [4.78, 5) is 20.4. The second-order valence-corrected chi connectivity index (χ2v) is 7.12. The van der Waals surface area contributed by atoms with Gasteiger partial charge in [0, 0.05) is 6.42 Å². The second kappa shape index (κ2) is 10.5. The van der Waals surface area contributed by atoms with E-state index in [4.69, 9.17) is 15.9 Å². The van der Waals surface area contributed by atoms with Gasteiger partial charge >= 0.3 is 24.3 Å². The first-order chi connectivity index (χ1) is 11.0. The van der Waals surface area contributed by atoms with Crippen molar-refractivity contribution in [1.82, 2.24) is 0 Å². The molecule has 25 heavy (non-hydrogen) atoms. The summed E-state index contributed by atoms with van der Waals surface area (Å²) in [5, 5.41) is 16.7. The van der Waals surface area contributed by atoms with E-state index in [1.807, 2.05) is 0 Å². The fraction of sp³-hybridized carbons (Fsp3) is 0.867. The number of carboxylic acid groups (broad SMARTS) is 2. The van der Waals surface area contributed by atoms with Crippen LogP contribution in [0, 0.1) is 11.3 Å². The smallest absolute Gasteiger partial charge is 0.320 e. The van der Waals surface area contributed by atoms with Gasteiger partial charge in [0.15, 0.2) is 0 Å². The zero-order valence-corrected chi connectivity index (χ0v) is 14.8. The molecule has 6 N–H and O–H groups in total. The van der Waals surface area contributed by atoms with Crippen molar-refractivity contribution >= 4 is 11.9 Å². The highest BCUT2D eigenvalue weighted by Crippen LogP contribution is 2.30. The van der Waals surface area contributed by atoms with E-state index in [9.17, 15) is 27.2 Å². The molecule has 0 heterocycles. The molecule has 6 nitrogen and oxygen atoms in total. The summed E-state index contributed by atoms with van der Waals surface area (Å²) in [7, 11) is 0. The monoisotopic (exact) mass is 376 g/mol. The number of carboxylic acids is 2. The summed E-state index contributed by atoms with van der Waals surface area (Å²) in [5.74, 6) is -6.39. The van der Waals surface area contributed by atoms with E-state index < -0.39 is 42.8 Å². The van der Waals surface area contributed by atoms with Crippen LogP contribution in [0.25, 0.3) is 0 Å². The topological polar surface area (TPSA) is 127 Å². The molecule has 0 amide bonds. The number of hydrogen-bond acceptors (Lipinski definition) is 4. The molecule has 0 saturated carbocycles. The minimum absolute atomic E-state index is 0.0198. The van der Waals surface area contributed by atoms with E-state index in [-0.39, 0.29) is 5.41 Å². The molecule has 0 aromatic rings. The Kier molecular flexibility index (Phi) is 10.9. The maximum absolute atomic E-state index is 12.1. The van der Waals surface area contributed by atoms with Crippen molar-refractivity contribution in [1.29, 1.82) is 0 Å². The first kappa shape index (κ1) is 25.8. The summed E-state index contributed by atoms with van der Waals surface area (Å²) in [6.45, 7) is 8.40. The standard InChI is InChI=1S/C10H21NO2.C5H7F4NO2/c1-7(2)5-10(3,4)6-8(11)9(12)13;6-4(7)5(8,9)1-2(10)3(11)12/h7-8H,5-6,11H2,1-4H3,(H,12,13);2,4H,1,10H2,(H,11,12). The number of nitrogens with two attached hydrogens (primary N) is 2. The van der Waals surface area contributed by atoms with E-state index in [1.54, 1.807) is 0 Å². The van der Waals surface area contributed by atoms with Crippen LogP contribution >= 0.6 is 0 Å². The highest BCUT2D eigenvalue weighted by atomic mass is 19.3. The zero-order chi connectivity index (χ0) is 20.6. The third kappa shape index (κ3) is 12.6. The Hall–Kier alpha value is -1.42. The van der Waals surface area contributed by atoms with Gasteiger partial charge < -0.3 is 21.7 Å². The number of halogens is 4. The van der Waals surface area contributed by atoms with Crippen molar-refractivity contribution < 1.29 is 37.4 Å². The molecule has 0 bridgehead atoms. The van der Waals surface area contributed by atoms with Crippen LogP contribution in [0.15, 0.2) is 0 Å². The summed E-state index contributed by atoms with van der Waals surface area (Å²) < 4.78 is 47.0. The van der Waals surface area contributed by atoms with Gasteiger partial charge in [-0.15, -0.1) is 0 Å². The fourth-order valence-electron chi connectivity index (χ4n) is 2.34. The van der Waals surface area contributed by atoms with Crippen molar-refractivity contribution in [3.63, 3.8) is 0 Å². The summed E-state index contributed by atoms with van der Waals surface area (Å²) in [6.07, 6.45) is -3.89. The lowest BCUT2D eigenvalue weighted by atomic mass is 9.79. The van der Waals surface area contributed by atoms with Crippen LogP contribution in [-0.4, -0.2) is 46.6 Å². The molecule has 0 aliphatic carbocycles. The fourth-order valence-corrected chi connectivity index (χ4v) is 2.34. The predicted octanol–water partition coefficient (Wildman–Crippen LogP) is 2.55. The molecular weight excluding hydrogens is 348 g/mol. The maximum Gasteiger partial charge on any atom is 0.320 e. The van der Waals surface area contributed by atoms with Gasteiger partial charge in [0.25, 0.3) is 0 Å². The lowest BCUT2D eigenvalue weighted by Crippen LogP contribution is -2.40. The third-order valence-electron chi connectivity index (χ3n) is 3.18. The predicted molar refractivity (Wildman–Crippen MR) is 84.6 cm³/mol. The van der Waals surface area contributed by atoms with Gasteiger partial charge in [-0.1, -0.05) is 27.7 Å². The second-order valence-electron chi connectivity index (χ2n) is 7.12. The van der Waals surface area contributed by atoms with Gasteiger partial charge in [-0.25, -0.2) is 17.6 Å². The molecule has 0 aromatic carbocycles. The number of rotatable bonds is 9. The van der Waals surface area contributed by atoms with E-state index in [0.717, 1.165) is 6.42 Å². The number of aliphatic carboxylic acids is 2. The molecule has 0 saturated heterocycles. The Morgan fingerprint density at radius 3 is 1.56 bits per heavy atom. The first-order valence-electron chi connectivity index (χ1n) is 7.64. The van der Waals surface area contributed by atoms with Crippen LogP contribution in [0.1, 0.15) is 47.0 Å². The molecule has 0 aliphatic rings. The minimum atomic E-state index is -4.34. The van der Waals surface area contributed by atoms with Crippen LogP contribution in [0.2, 0.25) is 0 Å². The minimum Gasteiger partial charge on any atom is -0.480 e. The summed E-state index contributed by atoms with van der Waals surface area (Å²) >= 11 is 0. The summed E-state index contributed by atoms with van der Waals surface area (Å²) in [5.41, 5.74) is 10.1. The maximum atomic E-state index is 12.1. The van der Waals surface area contributed by atoms with Crippen molar-refractivity contribution in [3.8, 4) is 0 Å². The normalized spacial score (nSPS) is 14.7. The molecule has 2 atom stereocenters. The van der Waals surface area contributed by atoms with Gasteiger partial charge in [-0.05, 0) is 24.2 Å². The molecule has 0 fully saturated rings. The van der Waals surface area contributed by atoms with E-state index in [2.05, 4.69) is 33.4 Å². The lowest BCUT2D eigenvalue weighted by Gasteiger charge is -2.28. The van der Waals surface area contributed by atoms with Crippen LogP contribution in [0.5, 0.6) is 0 Å². The van der Waals surface area contributed by atoms with Crippen LogP contribution in [0.3, 0.4) is 0 Å². The van der Waals surface area contributed by atoms with Gasteiger partial charge in [0.05, 0.1) is 0 Å². The number of alkyl halides is 4. The van der Waals surface area contributed by atoms with Crippen LogP contribution in [-0.2, 0) is 9.59 Å². The van der Waals surface area contributed by atoms with Crippen LogP contribution in [0.4, 0.5) is 17.6 Å². The average molecular weight is 376 g/mol. The Morgan fingerprint density at radius 2 is 1.28 bits per heavy atom. The molecular formula is C15H28F4N2O4. The molecule has 2 unspecified atom stereocenters. The van der Waals surface area contributed by atoms with Crippen molar-refractivity contribution in [2.24, 2.45) is 22.8 Å². The highest BCUT2D eigenvalue weighted by molar-refractivity contribution is 5.73. The zero-order valence-electron chi connectivity index (χ0n) is 14.8. The van der Waals surface area contributed by atoms with E-state index in [0.29, 0.717) is 12.3 Å². The largest absolute Gasteiger partial charge is 0.480 e. The molecule has 10 heteroatoms. The van der Waals surface area contributed by atoms with Gasteiger partial charge in [0.2, 0.25) is 0 Å². The molecule has 0 spiro atoms. The number of carbonyl (C=O) groups is 2. The first-order valence-corrected chi connectivity index (χ1v) is 7.64. The van der Waals surface area contributed by atoms with Crippen molar-refractivity contribution in [2.45, 2.75) is 71.4 Å². The van der Waals surface area contributed by atoms with Gasteiger partial charge in [-0.2, -0.15) is 0 Å². The Morgan fingerprint density at radius 1 is 0.920 bits per heavy atom. The third-order valence-corrected chi connectivity index (χ3v) is 3.18. The van der Waals surface area contributed by atoms with Crippen LogP contribution < -0.4 is 11.5 Å². The molecule has 150 valence electrons. The molecule has 0 aliphatic heterocycles.